The molecule has 4 rings (SSSR count). The van der Waals surface area contributed by atoms with Crippen molar-refractivity contribution < 1.29 is 106 Å². The second-order valence-corrected chi connectivity index (χ2v) is 10.3. The molecule has 0 spiro atoms. The maximum Gasteiger partial charge on any atom is 1.00 e. The first kappa shape index (κ1) is 47.6. The fourth-order valence-corrected chi connectivity index (χ4v) is 7.77. The molecule has 4 N–H and O–H groups in total. The predicted molar refractivity (Wildman–Crippen MR) is 156 cm³/mol. The first-order chi connectivity index (χ1) is 19.3. The average Bonchev–Trinajstić information content (AvgIpc) is 2.91. The molecule has 224 valence electrons. The van der Waals surface area contributed by atoms with E-state index in [9.17, 15) is 0 Å². The van der Waals surface area contributed by atoms with Crippen LogP contribution in [-0.4, -0.2) is 25.6 Å². The van der Waals surface area contributed by atoms with Crippen molar-refractivity contribution in [3.63, 3.8) is 0 Å². The van der Waals surface area contributed by atoms with Gasteiger partial charge in [-0.2, -0.15) is 0 Å². The summed E-state index contributed by atoms with van der Waals surface area (Å²) in [4.78, 5) is 33.1. The van der Waals surface area contributed by atoms with Gasteiger partial charge in [-0.25, -0.2) is 0 Å². The van der Waals surface area contributed by atoms with Gasteiger partial charge in [-0.3, -0.25) is 0 Å². The zero-order chi connectivity index (χ0) is 31.3. The van der Waals surface area contributed by atoms with Crippen molar-refractivity contribution in [3.05, 3.63) is 177 Å². The second kappa shape index (κ2) is 27.3. The number of rotatable bonds is 4. The summed E-state index contributed by atoms with van der Waals surface area (Å²) in [5, 5.41) is 63.4. The van der Waals surface area contributed by atoms with E-state index in [1.165, 1.54) is 21.2 Å². The van der Waals surface area contributed by atoms with Gasteiger partial charge in [0.1, 0.15) is 28.5 Å². The molecule has 17 nitrogen and oxygen atoms in total. The molecule has 0 aromatic heterocycles. The molecule has 0 atom stereocenters. The smallest absolute Gasteiger partial charge is 0.356 e. The number of benzene rings is 4. The molecular formula is C24H24KN5NaO12P. The minimum Gasteiger partial charge on any atom is -0.356 e. The maximum absolute atomic E-state index is 8.36. The monoisotopic (exact) mass is 667 g/mol. The Balaban J connectivity index is -0.000000355. The first-order valence-electron chi connectivity index (χ1n) is 10.7. The number of hydrogen-bond donors (Lipinski definition) is 2. The van der Waals surface area contributed by atoms with Crippen LogP contribution in [0.4, 0.5) is 0 Å². The van der Waals surface area contributed by atoms with Gasteiger partial charge >= 0.3 is 80.9 Å². The predicted octanol–water partition coefficient (Wildman–Crippen LogP) is -2.59. The zero-order valence-corrected chi connectivity index (χ0v) is 29.4. The Morgan fingerprint density at radius 3 is 0.659 bits per heavy atom. The summed E-state index contributed by atoms with van der Waals surface area (Å²) < 4.78 is 0. The Hall–Kier alpha value is -3.29. The summed E-state index contributed by atoms with van der Waals surface area (Å²) in [5.41, 5.74) is 0. The van der Waals surface area contributed by atoms with Crippen molar-refractivity contribution in [2.24, 2.45) is 0 Å². The van der Waals surface area contributed by atoms with Crippen molar-refractivity contribution in [1.29, 1.82) is 0 Å². The van der Waals surface area contributed by atoms with Crippen molar-refractivity contribution in [2.75, 3.05) is 0 Å². The van der Waals surface area contributed by atoms with E-state index in [1.54, 1.807) is 0 Å². The van der Waals surface area contributed by atoms with Gasteiger partial charge in [-0.15, -0.1) is 10.1 Å². The average molecular weight is 668 g/mol. The summed E-state index contributed by atoms with van der Waals surface area (Å²) in [6.45, 7) is 0. The minimum absolute atomic E-state index is 0. The molecule has 0 saturated heterocycles. The molecule has 0 unspecified atom stereocenters. The molecule has 0 aliphatic carbocycles. The van der Waals surface area contributed by atoms with Crippen molar-refractivity contribution in [1.82, 2.24) is 6.15 Å². The first-order valence-corrected chi connectivity index (χ1v) is 12.5. The Bertz CT molecular complexity index is 1130. The van der Waals surface area contributed by atoms with Crippen LogP contribution in [0.15, 0.2) is 121 Å². The molecule has 0 saturated carbocycles. The van der Waals surface area contributed by atoms with Crippen LogP contribution >= 0.6 is 7.26 Å². The van der Waals surface area contributed by atoms with Crippen LogP contribution in [0, 0.1) is 56.1 Å². The molecule has 0 aliphatic heterocycles. The van der Waals surface area contributed by atoms with E-state index in [-0.39, 0.29) is 87.1 Å². The van der Waals surface area contributed by atoms with E-state index in [4.69, 9.17) is 61.3 Å². The largest absolute Gasteiger partial charge is 1.00 e. The van der Waals surface area contributed by atoms with Crippen LogP contribution in [0.5, 0.6) is 0 Å². The van der Waals surface area contributed by atoms with Gasteiger partial charge < -0.3 is 57.3 Å². The zero-order valence-electron chi connectivity index (χ0n) is 23.4. The maximum atomic E-state index is 8.36. The Morgan fingerprint density at radius 2 is 0.545 bits per heavy atom. The molecule has 4 aromatic carbocycles. The van der Waals surface area contributed by atoms with Crippen LogP contribution in [-0.2, 0) is 0 Å². The van der Waals surface area contributed by atoms with E-state index in [1.807, 2.05) is 0 Å². The van der Waals surface area contributed by atoms with Gasteiger partial charge in [0.05, 0.1) is 15.3 Å². The third kappa shape index (κ3) is 19.8. The number of nitrogens with zero attached hydrogens (tertiary/aromatic N) is 4. The molecule has 20 heteroatoms. The van der Waals surface area contributed by atoms with Gasteiger partial charge in [0.2, 0.25) is 0 Å². The van der Waals surface area contributed by atoms with Gasteiger partial charge in [-0.05, 0) is 48.5 Å². The van der Waals surface area contributed by atoms with Crippen LogP contribution in [0.25, 0.3) is 0 Å². The van der Waals surface area contributed by atoms with Crippen molar-refractivity contribution in [3.8, 4) is 0 Å². The van der Waals surface area contributed by atoms with E-state index in [2.05, 4.69) is 121 Å². The molecule has 0 amide bonds. The third-order valence-electron chi connectivity index (χ3n) is 4.57. The molecule has 0 heterocycles. The summed E-state index contributed by atoms with van der Waals surface area (Å²) in [6, 6.07) is 43.8. The molecule has 4 aromatic rings. The fourth-order valence-electron chi connectivity index (χ4n) is 3.50. The Morgan fingerprint density at radius 1 is 0.432 bits per heavy atom. The molecule has 0 radical (unpaired) electrons. The van der Waals surface area contributed by atoms with E-state index < -0.39 is 27.6 Å². The van der Waals surface area contributed by atoms with Gasteiger partial charge in [0.15, 0.2) is 0 Å². The topological polar surface area (TPSA) is 297 Å². The van der Waals surface area contributed by atoms with Crippen LogP contribution in [0.1, 0.15) is 0 Å². The van der Waals surface area contributed by atoms with E-state index in [0.29, 0.717) is 0 Å². The summed E-state index contributed by atoms with van der Waals surface area (Å²) in [6.07, 6.45) is 0. The van der Waals surface area contributed by atoms with Gasteiger partial charge in [0.25, 0.3) is 5.09 Å². The minimum atomic E-state index is -1.91. The van der Waals surface area contributed by atoms with Crippen LogP contribution in [0.2, 0.25) is 0 Å². The summed E-state index contributed by atoms with van der Waals surface area (Å²) in [5.74, 6) is 0. The summed E-state index contributed by atoms with van der Waals surface area (Å²) >= 11 is 0. The number of hydrogen-bond acceptors (Lipinski definition) is 12. The normalized spacial score (nSPS) is 8.55. The second-order valence-electron chi connectivity index (χ2n) is 6.92. The van der Waals surface area contributed by atoms with E-state index >= 15 is 0 Å². The fraction of sp³-hybridized carbons (Fsp3) is 0. The van der Waals surface area contributed by atoms with Crippen molar-refractivity contribution >= 4 is 28.5 Å². The summed E-state index contributed by atoms with van der Waals surface area (Å²) in [7, 11) is -1.91. The SMILES string of the molecule is N.O=[N+]([O-])O.O=[N+]([O-])[O-].O=[N+]([O-])[O-].O=[N+]([O-])[O-].[K+].[Na+].c1ccc([P+](c2ccccc2)(c2ccccc2)c2ccccc2)cc1. The van der Waals surface area contributed by atoms with Crippen LogP contribution < -0.4 is 108 Å². The molecule has 44 heavy (non-hydrogen) atoms. The Labute approximate surface area is 315 Å². The molecular weight excluding hydrogens is 643 g/mol. The molecule has 0 bridgehead atoms. The quantitative estimate of drug-likeness (QED) is 0.0978. The van der Waals surface area contributed by atoms with Crippen LogP contribution in [0.3, 0.4) is 0 Å². The molecule has 0 aliphatic rings. The van der Waals surface area contributed by atoms with Crippen molar-refractivity contribution in [2.45, 2.75) is 0 Å². The molecule has 0 fully saturated rings. The Kier molecular flexibility index (Phi) is 29.5. The van der Waals surface area contributed by atoms with Gasteiger partial charge in [0, 0.05) is 0 Å². The van der Waals surface area contributed by atoms with E-state index in [0.717, 1.165) is 0 Å². The third-order valence-corrected chi connectivity index (χ3v) is 8.86. The standard InChI is InChI=1S/C24H20P.K.HNO3.3NO3.H3N.Na/c1-5-13-21(14-6-1)25(22-15-7-2-8-16-22,23-17-9-3-10-18-23)24-19-11-4-12-20-24;;4*2-1(3)4;;/h1-20H;;(H,2,3,4);;;;1H3;/q2*+1;;3*-1;;+1. The van der Waals surface area contributed by atoms with Gasteiger partial charge in [-0.1, -0.05) is 72.8 Å².